The Bertz CT molecular complexity index is 813. The molecule has 0 radical (unpaired) electrons. The fraction of sp³-hybridized carbons (Fsp3) is 0.350. The van der Waals surface area contributed by atoms with Gasteiger partial charge in [-0.05, 0) is 49.6 Å². The summed E-state index contributed by atoms with van der Waals surface area (Å²) >= 11 is 0. The van der Waals surface area contributed by atoms with Crippen LogP contribution in [0, 0.1) is 0 Å². The van der Waals surface area contributed by atoms with Gasteiger partial charge in [0.25, 0.3) is 5.91 Å². The number of carbonyl (C=O) groups is 2. The highest BCUT2D eigenvalue weighted by Crippen LogP contribution is 2.23. The van der Waals surface area contributed by atoms with E-state index in [4.69, 9.17) is 0 Å². The number of amides is 2. The Morgan fingerprint density at radius 3 is 2.58 bits per heavy atom. The molecule has 6 nitrogen and oxygen atoms in total. The number of aromatic nitrogens is 1. The number of hydrogen-bond donors (Lipinski definition) is 1. The first-order valence-electron chi connectivity index (χ1n) is 9.13. The number of rotatable bonds is 4. The zero-order valence-electron chi connectivity index (χ0n) is 14.6. The van der Waals surface area contributed by atoms with Gasteiger partial charge in [0, 0.05) is 37.3 Å². The molecule has 0 saturated carbocycles. The van der Waals surface area contributed by atoms with Crippen LogP contribution >= 0.6 is 0 Å². The van der Waals surface area contributed by atoms with Gasteiger partial charge >= 0.3 is 0 Å². The van der Waals surface area contributed by atoms with Gasteiger partial charge in [-0.1, -0.05) is 6.07 Å². The molecule has 2 fully saturated rings. The number of pyridine rings is 1. The SMILES string of the molecule is O=C(Nc1ccc(N2CCCC2)nc1)c1cccc(N2CCCC2=O)c1. The van der Waals surface area contributed by atoms with E-state index in [1.54, 1.807) is 23.2 Å². The van der Waals surface area contributed by atoms with Gasteiger partial charge in [0.2, 0.25) is 5.91 Å². The number of hydrogen-bond acceptors (Lipinski definition) is 4. The normalized spacial score (nSPS) is 17.0. The van der Waals surface area contributed by atoms with Crippen molar-refractivity contribution in [3.8, 4) is 0 Å². The van der Waals surface area contributed by atoms with Crippen LogP contribution in [-0.4, -0.2) is 36.4 Å². The standard InChI is InChI=1S/C20H22N4O2/c25-19-7-4-12-24(19)17-6-3-5-15(13-17)20(26)22-16-8-9-18(21-14-16)23-10-1-2-11-23/h3,5-6,8-9,13-14H,1-2,4,7,10-12H2,(H,22,26). The Morgan fingerprint density at radius 1 is 1.04 bits per heavy atom. The lowest BCUT2D eigenvalue weighted by molar-refractivity contribution is -0.117. The predicted octanol–water partition coefficient (Wildman–Crippen LogP) is 3.06. The largest absolute Gasteiger partial charge is 0.357 e. The number of anilines is 3. The molecule has 1 aromatic carbocycles. The van der Waals surface area contributed by atoms with Crippen molar-refractivity contribution in [1.29, 1.82) is 0 Å². The zero-order valence-corrected chi connectivity index (χ0v) is 14.6. The van der Waals surface area contributed by atoms with E-state index in [-0.39, 0.29) is 11.8 Å². The van der Waals surface area contributed by atoms with E-state index in [0.717, 1.165) is 31.0 Å². The molecule has 1 aromatic heterocycles. The Balaban J connectivity index is 1.45. The fourth-order valence-electron chi connectivity index (χ4n) is 3.53. The van der Waals surface area contributed by atoms with Crippen LogP contribution in [0.15, 0.2) is 42.6 Å². The third-order valence-corrected chi connectivity index (χ3v) is 4.93. The van der Waals surface area contributed by atoms with E-state index in [2.05, 4.69) is 15.2 Å². The van der Waals surface area contributed by atoms with Crippen molar-refractivity contribution in [2.75, 3.05) is 34.8 Å². The summed E-state index contributed by atoms with van der Waals surface area (Å²) in [5.41, 5.74) is 1.98. The first-order valence-corrected chi connectivity index (χ1v) is 9.13. The van der Waals surface area contributed by atoms with E-state index >= 15 is 0 Å². The average molecular weight is 350 g/mol. The van der Waals surface area contributed by atoms with Crippen LogP contribution in [-0.2, 0) is 4.79 Å². The molecular formula is C20H22N4O2. The van der Waals surface area contributed by atoms with Gasteiger partial charge in [0.05, 0.1) is 11.9 Å². The summed E-state index contributed by atoms with van der Waals surface area (Å²) < 4.78 is 0. The maximum Gasteiger partial charge on any atom is 0.255 e. The summed E-state index contributed by atoms with van der Waals surface area (Å²) in [6.45, 7) is 2.80. The minimum absolute atomic E-state index is 0.115. The molecule has 2 amide bonds. The second-order valence-electron chi connectivity index (χ2n) is 6.75. The topological polar surface area (TPSA) is 65.5 Å². The van der Waals surface area contributed by atoms with Crippen molar-refractivity contribution in [3.63, 3.8) is 0 Å². The lowest BCUT2D eigenvalue weighted by Gasteiger charge is -2.17. The van der Waals surface area contributed by atoms with Gasteiger partial charge in [-0.25, -0.2) is 4.98 Å². The Morgan fingerprint density at radius 2 is 1.88 bits per heavy atom. The van der Waals surface area contributed by atoms with Crippen LogP contribution in [0.2, 0.25) is 0 Å². The average Bonchev–Trinajstić information content (AvgIpc) is 3.34. The molecule has 0 unspecified atom stereocenters. The lowest BCUT2D eigenvalue weighted by Crippen LogP contribution is -2.24. The molecule has 3 heterocycles. The fourth-order valence-corrected chi connectivity index (χ4v) is 3.53. The third kappa shape index (κ3) is 3.40. The molecule has 1 N–H and O–H groups in total. The summed E-state index contributed by atoms with van der Waals surface area (Å²) in [7, 11) is 0. The first-order chi connectivity index (χ1) is 12.7. The van der Waals surface area contributed by atoms with E-state index in [1.807, 2.05) is 24.3 Å². The number of benzene rings is 1. The molecule has 0 aliphatic carbocycles. The monoisotopic (exact) mass is 350 g/mol. The summed E-state index contributed by atoms with van der Waals surface area (Å²) in [6, 6.07) is 11.0. The lowest BCUT2D eigenvalue weighted by atomic mass is 10.1. The Hall–Kier alpha value is -2.89. The van der Waals surface area contributed by atoms with Crippen LogP contribution in [0.4, 0.5) is 17.2 Å². The molecule has 0 bridgehead atoms. The second-order valence-corrected chi connectivity index (χ2v) is 6.75. The van der Waals surface area contributed by atoms with Crippen LogP contribution in [0.5, 0.6) is 0 Å². The molecule has 26 heavy (non-hydrogen) atoms. The molecule has 2 aliphatic heterocycles. The number of nitrogens with one attached hydrogen (secondary N) is 1. The smallest absolute Gasteiger partial charge is 0.255 e. The van der Waals surface area contributed by atoms with Crippen molar-refractivity contribution in [1.82, 2.24) is 4.98 Å². The van der Waals surface area contributed by atoms with E-state index in [9.17, 15) is 9.59 Å². The van der Waals surface area contributed by atoms with Gasteiger partial charge in [-0.15, -0.1) is 0 Å². The molecule has 0 atom stereocenters. The minimum Gasteiger partial charge on any atom is -0.357 e. The number of nitrogens with zero attached hydrogens (tertiary/aromatic N) is 3. The van der Waals surface area contributed by atoms with Crippen LogP contribution < -0.4 is 15.1 Å². The van der Waals surface area contributed by atoms with Gasteiger partial charge in [0.15, 0.2) is 0 Å². The van der Waals surface area contributed by atoms with Crippen molar-refractivity contribution in [3.05, 3.63) is 48.2 Å². The molecular weight excluding hydrogens is 328 g/mol. The quantitative estimate of drug-likeness (QED) is 0.920. The summed E-state index contributed by atoms with van der Waals surface area (Å²) in [5, 5.41) is 2.88. The van der Waals surface area contributed by atoms with Crippen LogP contribution in [0.25, 0.3) is 0 Å². The van der Waals surface area contributed by atoms with Gasteiger partial charge in [-0.3, -0.25) is 9.59 Å². The van der Waals surface area contributed by atoms with Gasteiger partial charge in [0.1, 0.15) is 5.82 Å². The van der Waals surface area contributed by atoms with Gasteiger partial charge in [-0.2, -0.15) is 0 Å². The van der Waals surface area contributed by atoms with Crippen molar-refractivity contribution in [2.24, 2.45) is 0 Å². The van der Waals surface area contributed by atoms with Crippen LogP contribution in [0.3, 0.4) is 0 Å². The zero-order chi connectivity index (χ0) is 17.9. The predicted molar refractivity (Wildman–Crippen MR) is 102 cm³/mol. The van der Waals surface area contributed by atoms with Crippen molar-refractivity contribution >= 4 is 29.0 Å². The van der Waals surface area contributed by atoms with Crippen molar-refractivity contribution in [2.45, 2.75) is 25.7 Å². The van der Waals surface area contributed by atoms with E-state index in [1.165, 1.54) is 12.8 Å². The Kier molecular flexibility index (Phi) is 4.56. The minimum atomic E-state index is -0.200. The maximum atomic E-state index is 12.6. The first kappa shape index (κ1) is 16.6. The van der Waals surface area contributed by atoms with E-state index < -0.39 is 0 Å². The molecule has 0 spiro atoms. The highest BCUT2D eigenvalue weighted by atomic mass is 16.2. The summed E-state index contributed by atoms with van der Waals surface area (Å²) in [6.07, 6.45) is 5.54. The molecule has 2 aromatic rings. The van der Waals surface area contributed by atoms with Crippen LogP contribution in [0.1, 0.15) is 36.0 Å². The molecule has 4 rings (SSSR count). The molecule has 6 heteroatoms. The molecule has 2 aliphatic rings. The maximum absolute atomic E-state index is 12.6. The van der Waals surface area contributed by atoms with Gasteiger partial charge < -0.3 is 15.1 Å². The van der Waals surface area contributed by atoms with E-state index in [0.29, 0.717) is 24.2 Å². The van der Waals surface area contributed by atoms with Crippen molar-refractivity contribution < 1.29 is 9.59 Å². The summed E-state index contributed by atoms with van der Waals surface area (Å²) in [5.74, 6) is 0.869. The summed E-state index contributed by atoms with van der Waals surface area (Å²) in [4.78, 5) is 32.9. The third-order valence-electron chi connectivity index (χ3n) is 4.93. The Labute approximate surface area is 152 Å². The number of carbonyl (C=O) groups excluding carboxylic acids is 2. The highest BCUT2D eigenvalue weighted by Gasteiger charge is 2.22. The second kappa shape index (κ2) is 7.15. The highest BCUT2D eigenvalue weighted by molar-refractivity contribution is 6.05. The molecule has 2 saturated heterocycles. The molecule has 134 valence electrons.